The van der Waals surface area contributed by atoms with Gasteiger partial charge in [0.05, 0.1) is 0 Å². The second kappa shape index (κ2) is 5.40. The summed E-state index contributed by atoms with van der Waals surface area (Å²) in [5, 5.41) is 0. The maximum absolute atomic E-state index is 12.8. The number of hydrogen-bond donors (Lipinski definition) is 0. The number of ketones is 1. The van der Waals surface area contributed by atoms with Gasteiger partial charge in [0.2, 0.25) is 0 Å². The highest BCUT2D eigenvalue weighted by Crippen LogP contribution is 2.27. The van der Waals surface area contributed by atoms with Crippen LogP contribution in [-0.4, -0.2) is 10.8 Å². The number of carbonyl (C=O) groups is 1. The van der Waals surface area contributed by atoms with Gasteiger partial charge in [0.25, 0.3) is 0 Å². The molecule has 0 radical (unpaired) electrons. The molecule has 1 atom stereocenters. The summed E-state index contributed by atoms with van der Waals surface area (Å²) in [6.07, 6.45) is 1.66. The smallest absolute Gasteiger partial charge is 0.180 e. The van der Waals surface area contributed by atoms with Gasteiger partial charge in [-0.1, -0.05) is 15.9 Å². The summed E-state index contributed by atoms with van der Waals surface area (Å²) < 4.78 is 12.8. The van der Waals surface area contributed by atoms with E-state index in [1.54, 1.807) is 12.3 Å². The monoisotopic (exact) mass is 307 g/mol. The Kier molecular flexibility index (Phi) is 3.87. The zero-order valence-corrected chi connectivity index (χ0v) is 11.3. The van der Waals surface area contributed by atoms with Crippen molar-refractivity contribution in [2.24, 2.45) is 0 Å². The van der Waals surface area contributed by atoms with Gasteiger partial charge in [0, 0.05) is 17.5 Å². The van der Waals surface area contributed by atoms with E-state index in [2.05, 4.69) is 20.9 Å². The molecule has 0 fully saturated rings. The molecule has 0 amide bonds. The molecule has 2 rings (SSSR count). The number of halogens is 2. The molecular formula is C14H11BrFNO. The van der Waals surface area contributed by atoms with E-state index in [0.717, 1.165) is 11.3 Å². The Balaban J connectivity index is 2.26. The second-order valence-electron chi connectivity index (χ2n) is 3.96. The van der Waals surface area contributed by atoms with E-state index in [-0.39, 0.29) is 11.6 Å². The Morgan fingerprint density at radius 1 is 1.28 bits per heavy atom. The van der Waals surface area contributed by atoms with Crippen molar-refractivity contribution in [2.75, 3.05) is 0 Å². The Bertz CT molecular complexity index is 568. The van der Waals surface area contributed by atoms with Gasteiger partial charge >= 0.3 is 0 Å². The molecule has 0 spiro atoms. The van der Waals surface area contributed by atoms with Crippen LogP contribution < -0.4 is 0 Å². The van der Waals surface area contributed by atoms with Crippen molar-refractivity contribution in [3.63, 3.8) is 0 Å². The van der Waals surface area contributed by atoms with E-state index in [1.165, 1.54) is 24.3 Å². The lowest BCUT2D eigenvalue weighted by Gasteiger charge is -2.09. The molecule has 0 saturated heterocycles. The van der Waals surface area contributed by atoms with Gasteiger partial charge in [-0.2, -0.15) is 0 Å². The Morgan fingerprint density at radius 2 is 1.94 bits per heavy atom. The van der Waals surface area contributed by atoms with Crippen LogP contribution in [-0.2, 0) is 0 Å². The minimum absolute atomic E-state index is 0.0967. The Hall–Kier alpha value is -1.55. The third-order valence-electron chi connectivity index (χ3n) is 2.57. The SMILES string of the molecule is Cc1cc([C@@H](Br)C(=O)c2ccc(F)cc2)ccn1. The van der Waals surface area contributed by atoms with Crippen LogP contribution in [0.3, 0.4) is 0 Å². The summed E-state index contributed by atoms with van der Waals surface area (Å²) in [5.74, 6) is -0.446. The number of rotatable bonds is 3. The van der Waals surface area contributed by atoms with E-state index in [0.29, 0.717) is 5.56 Å². The predicted molar refractivity (Wildman–Crippen MR) is 71.4 cm³/mol. The molecule has 0 aliphatic carbocycles. The molecule has 0 unspecified atom stereocenters. The highest BCUT2D eigenvalue weighted by molar-refractivity contribution is 9.09. The number of benzene rings is 1. The first-order valence-electron chi connectivity index (χ1n) is 5.44. The largest absolute Gasteiger partial charge is 0.293 e. The van der Waals surface area contributed by atoms with Crippen molar-refractivity contribution in [3.8, 4) is 0 Å². The Labute approximate surface area is 113 Å². The normalized spacial score (nSPS) is 12.2. The number of hydrogen-bond acceptors (Lipinski definition) is 2. The highest BCUT2D eigenvalue weighted by atomic mass is 79.9. The molecule has 0 aliphatic heterocycles. The van der Waals surface area contributed by atoms with Gasteiger partial charge in [-0.05, 0) is 48.9 Å². The number of nitrogens with zero attached hydrogens (tertiary/aromatic N) is 1. The molecule has 92 valence electrons. The van der Waals surface area contributed by atoms with Crippen molar-refractivity contribution in [3.05, 3.63) is 65.2 Å². The van der Waals surface area contributed by atoms with Gasteiger partial charge in [0.15, 0.2) is 5.78 Å². The number of aryl methyl sites for hydroxylation is 1. The molecule has 0 bridgehead atoms. The quantitative estimate of drug-likeness (QED) is 0.637. The number of alkyl halides is 1. The lowest BCUT2D eigenvalue weighted by Crippen LogP contribution is -2.07. The van der Waals surface area contributed by atoms with Crippen LogP contribution in [0.5, 0.6) is 0 Å². The molecule has 2 nitrogen and oxygen atoms in total. The standard InChI is InChI=1S/C14H11BrFNO/c1-9-8-11(6-7-17-9)13(15)14(18)10-2-4-12(16)5-3-10/h2-8,13H,1H3/t13-/m1/s1. The first kappa shape index (κ1) is 12.9. The average molecular weight is 308 g/mol. The molecule has 1 heterocycles. The summed E-state index contributed by atoms with van der Waals surface area (Å²) in [6.45, 7) is 1.87. The molecule has 2 aromatic rings. The third kappa shape index (κ3) is 2.82. The highest BCUT2D eigenvalue weighted by Gasteiger charge is 2.19. The van der Waals surface area contributed by atoms with Gasteiger partial charge in [0.1, 0.15) is 10.6 Å². The summed E-state index contributed by atoms with van der Waals surface area (Å²) in [5.41, 5.74) is 2.17. The summed E-state index contributed by atoms with van der Waals surface area (Å²) in [6, 6.07) is 9.17. The van der Waals surface area contributed by atoms with Crippen molar-refractivity contribution in [1.82, 2.24) is 4.98 Å². The first-order valence-corrected chi connectivity index (χ1v) is 6.36. The first-order chi connectivity index (χ1) is 8.58. The van der Waals surface area contributed by atoms with Crippen LogP contribution in [0.4, 0.5) is 4.39 Å². The lowest BCUT2D eigenvalue weighted by atomic mass is 10.0. The fraction of sp³-hybridized carbons (Fsp3) is 0.143. The van der Waals surface area contributed by atoms with Crippen LogP contribution in [0.2, 0.25) is 0 Å². The maximum Gasteiger partial charge on any atom is 0.180 e. The number of Topliss-reactive ketones (excluding diaryl/α,β-unsaturated/α-hetero) is 1. The second-order valence-corrected chi connectivity index (χ2v) is 4.88. The summed E-state index contributed by atoms with van der Waals surface area (Å²) >= 11 is 3.37. The molecule has 4 heteroatoms. The van der Waals surface area contributed by atoms with Gasteiger partial charge in [-0.15, -0.1) is 0 Å². The van der Waals surface area contributed by atoms with Gasteiger partial charge in [-0.25, -0.2) is 4.39 Å². The van der Waals surface area contributed by atoms with E-state index < -0.39 is 4.83 Å². The van der Waals surface area contributed by atoms with Gasteiger partial charge in [-0.3, -0.25) is 9.78 Å². The van der Waals surface area contributed by atoms with Crippen LogP contribution in [0.25, 0.3) is 0 Å². The van der Waals surface area contributed by atoms with E-state index >= 15 is 0 Å². The molecular weight excluding hydrogens is 297 g/mol. The van der Waals surface area contributed by atoms with Gasteiger partial charge < -0.3 is 0 Å². The molecule has 0 saturated carbocycles. The van der Waals surface area contributed by atoms with Crippen LogP contribution in [0.1, 0.15) is 26.4 Å². The molecule has 0 aliphatic rings. The topological polar surface area (TPSA) is 30.0 Å². The molecule has 1 aromatic heterocycles. The number of carbonyl (C=O) groups excluding carboxylic acids is 1. The van der Waals surface area contributed by atoms with Crippen LogP contribution in [0.15, 0.2) is 42.6 Å². The Morgan fingerprint density at radius 3 is 2.56 bits per heavy atom. The van der Waals surface area contributed by atoms with Crippen LogP contribution in [0, 0.1) is 12.7 Å². The van der Waals surface area contributed by atoms with Crippen molar-refractivity contribution in [1.29, 1.82) is 0 Å². The number of pyridine rings is 1. The minimum Gasteiger partial charge on any atom is -0.293 e. The summed E-state index contributed by atoms with van der Waals surface area (Å²) in [7, 11) is 0. The van der Waals surface area contributed by atoms with Crippen molar-refractivity contribution < 1.29 is 9.18 Å². The van der Waals surface area contributed by atoms with Crippen molar-refractivity contribution >= 4 is 21.7 Å². The van der Waals surface area contributed by atoms with Crippen LogP contribution >= 0.6 is 15.9 Å². The van der Waals surface area contributed by atoms with E-state index in [9.17, 15) is 9.18 Å². The zero-order valence-electron chi connectivity index (χ0n) is 9.73. The maximum atomic E-state index is 12.8. The lowest BCUT2D eigenvalue weighted by molar-refractivity contribution is 0.0991. The van der Waals surface area contributed by atoms with E-state index in [4.69, 9.17) is 0 Å². The van der Waals surface area contributed by atoms with E-state index in [1.807, 2.05) is 13.0 Å². The fourth-order valence-electron chi connectivity index (χ4n) is 1.64. The molecule has 1 aromatic carbocycles. The predicted octanol–water partition coefficient (Wildman–Crippen LogP) is 3.85. The summed E-state index contributed by atoms with van der Waals surface area (Å²) in [4.78, 5) is 15.8. The number of aromatic nitrogens is 1. The fourth-order valence-corrected chi connectivity index (χ4v) is 2.19. The third-order valence-corrected chi connectivity index (χ3v) is 3.52. The van der Waals surface area contributed by atoms with Crippen molar-refractivity contribution in [2.45, 2.75) is 11.8 Å². The minimum atomic E-state index is -0.440. The average Bonchev–Trinajstić information content (AvgIpc) is 2.38. The molecule has 0 N–H and O–H groups in total. The zero-order chi connectivity index (χ0) is 13.1. The molecule has 18 heavy (non-hydrogen) atoms.